The Hall–Kier alpha value is -4.12. The van der Waals surface area contributed by atoms with E-state index in [-0.39, 0.29) is 0 Å². The molecule has 0 saturated carbocycles. The van der Waals surface area contributed by atoms with Gasteiger partial charge in [0.05, 0.1) is 0 Å². The van der Waals surface area contributed by atoms with Gasteiger partial charge in [-0.3, -0.25) is 0 Å². The van der Waals surface area contributed by atoms with Gasteiger partial charge in [0.25, 0.3) is 0 Å². The minimum absolute atomic E-state index is 0.383. The summed E-state index contributed by atoms with van der Waals surface area (Å²) >= 11 is -5.60. The monoisotopic (exact) mass is 534 g/mol. The van der Waals surface area contributed by atoms with Crippen LogP contribution in [0.25, 0.3) is 11.1 Å². The SMILES string of the molecule is [CH2]=[Ti]([O]C(=O)c1ccccc1)([O]C(=O)c1ccccc1)([C]1=CC=CC1)[CH]1c2ccccc2-c2ccccc21. The number of benzene rings is 4. The van der Waals surface area contributed by atoms with Crippen LogP contribution in [0.15, 0.2) is 131 Å². The molecule has 0 saturated heterocycles. The fourth-order valence-corrected chi connectivity index (χ4v) is 13.1. The number of carbonyl (C=O) groups excluding carboxylic acids is 2. The van der Waals surface area contributed by atoms with Crippen LogP contribution in [0.1, 0.15) is 42.5 Å². The molecule has 0 atom stereocenters. The summed E-state index contributed by atoms with van der Waals surface area (Å²) < 4.78 is 13.6. The number of carbonyl (C=O) groups is 2. The first kappa shape index (κ1) is 24.2. The van der Waals surface area contributed by atoms with Crippen molar-refractivity contribution in [1.82, 2.24) is 0 Å². The van der Waals surface area contributed by atoms with Gasteiger partial charge in [0.2, 0.25) is 0 Å². The zero-order valence-electron chi connectivity index (χ0n) is 20.7. The van der Waals surface area contributed by atoms with E-state index in [0.29, 0.717) is 17.5 Å². The molecule has 38 heavy (non-hydrogen) atoms. The molecular formula is C33H26O4Ti. The number of hydrogen-bond acceptors (Lipinski definition) is 4. The Morgan fingerprint density at radius 2 is 1.11 bits per heavy atom. The Balaban J connectivity index is 1.63. The molecule has 2 aliphatic carbocycles. The van der Waals surface area contributed by atoms with Gasteiger partial charge in [-0.25, -0.2) is 0 Å². The van der Waals surface area contributed by atoms with Crippen LogP contribution in [-0.2, 0) is 22.3 Å². The Morgan fingerprint density at radius 1 is 0.658 bits per heavy atom. The van der Waals surface area contributed by atoms with Gasteiger partial charge in [0, 0.05) is 0 Å². The standard InChI is InChI=1S/C13H9.2C7H6O2.C5H5.CH2.Ti/c1-3-7-12-10(5-1)9-11-6-2-4-8-13(11)12;2*8-7(9)6-4-2-1-3-5-6;1-2-4-5-3-1;;/h1-9H;2*1-5H,(H,8,9);1-3H,4H2;1H2;/q;;;;;+2/p-2. The molecule has 2 aliphatic rings. The van der Waals surface area contributed by atoms with Gasteiger partial charge < -0.3 is 0 Å². The fraction of sp³-hybridized carbons (Fsp3) is 0.0606. The molecule has 0 aliphatic heterocycles. The van der Waals surface area contributed by atoms with Gasteiger partial charge in [-0.1, -0.05) is 0 Å². The summed E-state index contributed by atoms with van der Waals surface area (Å²) in [7, 11) is 0. The molecule has 0 heterocycles. The van der Waals surface area contributed by atoms with E-state index in [1.54, 1.807) is 48.5 Å². The van der Waals surface area contributed by atoms with Crippen molar-refractivity contribution in [3.8, 4) is 11.1 Å². The summed E-state index contributed by atoms with van der Waals surface area (Å²) in [6.07, 6.45) is 6.32. The molecule has 6 rings (SSSR count). The summed E-state index contributed by atoms with van der Waals surface area (Å²) in [4.78, 5) is 32.5. The van der Waals surface area contributed by atoms with Gasteiger partial charge in [-0.2, -0.15) is 0 Å². The summed E-state index contributed by atoms with van der Waals surface area (Å²) in [6, 6.07) is 33.7. The Morgan fingerprint density at radius 3 is 1.55 bits per heavy atom. The molecule has 4 aromatic rings. The van der Waals surface area contributed by atoms with Crippen LogP contribution in [0.2, 0.25) is 0 Å². The molecule has 0 N–H and O–H groups in total. The summed E-state index contributed by atoms with van der Waals surface area (Å²) in [5.41, 5.74) is 4.74. The van der Waals surface area contributed by atoms with Crippen LogP contribution < -0.4 is 0 Å². The molecule has 0 fully saturated rings. The van der Waals surface area contributed by atoms with Crippen LogP contribution in [0.3, 0.4) is 0 Å². The third-order valence-electron chi connectivity index (χ3n) is 7.52. The minimum atomic E-state index is -5.60. The Kier molecular flexibility index (Phi) is 5.95. The maximum absolute atomic E-state index is 13.9. The molecular weight excluding hydrogens is 508 g/mol. The number of fused-ring (bicyclic) bond motifs is 3. The van der Waals surface area contributed by atoms with Crippen LogP contribution >= 0.6 is 0 Å². The second kappa shape index (κ2) is 9.32. The van der Waals surface area contributed by atoms with Crippen molar-refractivity contribution < 1.29 is 31.8 Å². The molecule has 0 unspecified atom stereocenters. The first-order chi connectivity index (χ1) is 18.5. The van der Waals surface area contributed by atoms with Crippen molar-refractivity contribution in [2.24, 2.45) is 0 Å². The van der Waals surface area contributed by atoms with E-state index in [2.05, 4.69) is 12.1 Å². The van der Waals surface area contributed by atoms with Gasteiger partial charge in [0.15, 0.2) is 0 Å². The molecule has 0 amide bonds. The van der Waals surface area contributed by atoms with Crippen molar-refractivity contribution in [3.63, 3.8) is 0 Å². The van der Waals surface area contributed by atoms with E-state index in [1.807, 2.05) is 66.8 Å². The van der Waals surface area contributed by atoms with E-state index in [9.17, 15) is 9.59 Å². The van der Waals surface area contributed by atoms with E-state index in [4.69, 9.17) is 11.5 Å². The van der Waals surface area contributed by atoms with Crippen molar-refractivity contribution >= 4 is 16.8 Å². The number of rotatable bonds is 6. The predicted octanol–water partition coefficient (Wildman–Crippen LogP) is 7.27. The zero-order valence-corrected chi connectivity index (χ0v) is 22.3. The van der Waals surface area contributed by atoms with Crippen molar-refractivity contribution in [2.75, 3.05) is 0 Å². The first-order valence-corrected chi connectivity index (χ1v) is 16.7. The van der Waals surface area contributed by atoms with Crippen LogP contribution in [0, 0.1) is 0 Å². The van der Waals surface area contributed by atoms with Crippen molar-refractivity contribution in [2.45, 2.75) is 10.6 Å². The topological polar surface area (TPSA) is 52.6 Å². The van der Waals surface area contributed by atoms with Gasteiger partial charge >= 0.3 is 224 Å². The normalized spacial score (nSPS) is 14.4. The summed E-state index contributed by atoms with van der Waals surface area (Å²) in [5, 5.41) is 0. The van der Waals surface area contributed by atoms with E-state index in [0.717, 1.165) is 26.1 Å². The predicted molar refractivity (Wildman–Crippen MR) is 146 cm³/mol. The van der Waals surface area contributed by atoms with Crippen LogP contribution in [0.5, 0.6) is 0 Å². The molecule has 4 aromatic carbocycles. The number of allylic oxidation sites excluding steroid dienone is 4. The molecule has 4 nitrogen and oxygen atoms in total. The second-order valence-corrected chi connectivity index (χ2v) is 16.5. The van der Waals surface area contributed by atoms with E-state index < -0.39 is 31.8 Å². The molecule has 0 spiro atoms. The van der Waals surface area contributed by atoms with Gasteiger partial charge in [-0.15, -0.1) is 0 Å². The molecule has 5 heteroatoms. The zero-order chi connectivity index (χ0) is 26.2. The molecule has 0 bridgehead atoms. The van der Waals surface area contributed by atoms with Crippen LogP contribution in [-0.4, -0.2) is 16.8 Å². The summed E-state index contributed by atoms with van der Waals surface area (Å²) in [6.45, 7) is 0. The fourth-order valence-electron chi connectivity index (χ4n) is 5.75. The van der Waals surface area contributed by atoms with Crippen LogP contribution in [0.4, 0.5) is 0 Å². The second-order valence-electron chi connectivity index (χ2n) is 9.78. The quantitative estimate of drug-likeness (QED) is 0.244. The molecule has 0 aromatic heterocycles. The Labute approximate surface area is 223 Å². The maximum atomic E-state index is 13.9. The van der Waals surface area contributed by atoms with Gasteiger partial charge in [-0.05, 0) is 0 Å². The Bertz CT molecular complexity index is 1580. The van der Waals surface area contributed by atoms with E-state index in [1.165, 1.54) is 0 Å². The van der Waals surface area contributed by atoms with Crippen molar-refractivity contribution in [1.29, 1.82) is 0 Å². The van der Waals surface area contributed by atoms with E-state index >= 15 is 0 Å². The molecule has 0 radical (unpaired) electrons. The first-order valence-electron chi connectivity index (χ1n) is 12.6. The molecule has 186 valence electrons. The van der Waals surface area contributed by atoms with Crippen molar-refractivity contribution in [3.05, 3.63) is 154 Å². The third kappa shape index (κ3) is 3.85. The van der Waals surface area contributed by atoms with Gasteiger partial charge in [0.1, 0.15) is 0 Å². The number of hydrogen-bond donors (Lipinski definition) is 0. The third-order valence-corrected chi connectivity index (χ3v) is 15.0. The average molecular weight is 534 g/mol. The average Bonchev–Trinajstić information content (AvgIpc) is 3.62. The summed E-state index contributed by atoms with van der Waals surface area (Å²) in [5.74, 6) is -1.10.